The Bertz CT molecular complexity index is 369. The molecule has 1 fully saturated rings. The second-order valence-corrected chi connectivity index (χ2v) is 6.56. The second-order valence-electron chi connectivity index (χ2n) is 5.64. The smallest absolute Gasteiger partial charge is 0.0307 e. The van der Waals surface area contributed by atoms with Crippen molar-refractivity contribution in [2.75, 3.05) is 19.6 Å². The molecule has 0 aliphatic carbocycles. The van der Waals surface area contributed by atoms with E-state index in [-0.39, 0.29) is 6.04 Å². The summed E-state index contributed by atoms with van der Waals surface area (Å²) in [6.07, 6.45) is 5.12. The fraction of sp³-hybridized carbons (Fsp3) is 0.625. The minimum absolute atomic E-state index is 0.164. The van der Waals surface area contributed by atoms with Crippen LogP contribution in [0.15, 0.2) is 28.7 Å². The maximum Gasteiger partial charge on any atom is 0.0307 e. The zero-order chi connectivity index (χ0) is 13.7. The minimum atomic E-state index is 0.164. The van der Waals surface area contributed by atoms with Crippen molar-refractivity contribution in [3.8, 4) is 0 Å². The molecule has 106 valence electrons. The van der Waals surface area contributed by atoms with Crippen LogP contribution in [-0.2, 0) is 0 Å². The van der Waals surface area contributed by atoms with E-state index < -0.39 is 0 Å². The van der Waals surface area contributed by atoms with Crippen LogP contribution in [-0.4, -0.2) is 24.5 Å². The average Bonchev–Trinajstić information content (AvgIpc) is 2.46. The highest BCUT2D eigenvalue weighted by Gasteiger charge is 2.18. The van der Waals surface area contributed by atoms with Crippen molar-refractivity contribution in [2.24, 2.45) is 11.7 Å². The van der Waals surface area contributed by atoms with Gasteiger partial charge in [0.25, 0.3) is 0 Å². The maximum atomic E-state index is 6.27. The van der Waals surface area contributed by atoms with E-state index in [0.29, 0.717) is 0 Å². The molecule has 1 atom stereocenters. The van der Waals surface area contributed by atoms with Gasteiger partial charge in [-0.05, 0) is 62.5 Å². The van der Waals surface area contributed by atoms with Crippen LogP contribution in [0.1, 0.15) is 44.2 Å². The lowest BCUT2D eigenvalue weighted by Gasteiger charge is -2.32. The fourth-order valence-electron chi connectivity index (χ4n) is 2.82. The molecule has 2 nitrogen and oxygen atoms in total. The SMILES string of the molecule is CCC1CCN(CCC(N)c2ccc(Br)cc2)CC1. The molecule has 19 heavy (non-hydrogen) atoms. The number of halogens is 1. The number of benzene rings is 1. The maximum absolute atomic E-state index is 6.27. The molecule has 1 unspecified atom stereocenters. The standard InChI is InChI=1S/C16H25BrN2/c1-2-13-7-10-19(11-8-13)12-9-16(18)14-3-5-15(17)6-4-14/h3-6,13,16H,2,7-12,18H2,1H3. The summed E-state index contributed by atoms with van der Waals surface area (Å²) < 4.78 is 1.12. The van der Waals surface area contributed by atoms with Crippen molar-refractivity contribution in [3.63, 3.8) is 0 Å². The molecule has 1 aromatic carbocycles. The van der Waals surface area contributed by atoms with Gasteiger partial charge in [-0.1, -0.05) is 41.4 Å². The third-order valence-corrected chi connectivity index (χ3v) is 4.87. The van der Waals surface area contributed by atoms with Gasteiger partial charge in [0.15, 0.2) is 0 Å². The van der Waals surface area contributed by atoms with Gasteiger partial charge in [-0.15, -0.1) is 0 Å². The van der Waals surface area contributed by atoms with Gasteiger partial charge >= 0.3 is 0 Å². The predicted octanol–water partition coefficient (Wildman–Crippen LogP) is 3.96. The Balaban J connectivity index is 1.75. The molecule has 2 N–H and O–H groups in total. The summed E-state index contributed by atoms with van der Waals surface area (Å²) in [6.45, 7) is 5.95. The van der Waals surface area contributed by atoms with Gasteiger partial charge < -0.3 is 10.6 Å². The van der Waals surface area contributed by atoms with E-state index in [1.807, 2.05) is 0 Å². The van der Waals surface area contributed by atoms with Gasteiger partial charge in [0.05, 0.1) is 0 Å². The molecular weight excluding hydrogens is 300 g/mol. The van der Waals surface area contributed by atoms with Crippen molar-refractivity contribution >= 4 is 15.9 Å². The van der Waals surface area contributed by atoms with Crippen LogP contribution < -0.4 is 5.73 Å². The number of nitrogens with two attached hydrogens (primary N) is 1. The largest absolute Gasteiger partial charge is 0.324 e. The van der Waals surface area contributed by atoms with Crippen LogP contribution in [0.2, 0.25) is 0 Å². The Hall–Kier alpha value is -0.380. The van der Waals surface area contributed by atoms with E-state index in [4.69, 9.17) is 5.73 Å². The molecule has 1 aromatic rings. The molecule has 0 bridgehead atoms. The van der Waals surface area contributed by atoms with Crippen molar-refractivity contribution in [3.05, 3.63) is 34.3 Å². The fourth-order valence-corrected chi connectivity index (χ4v) is 3.08. The number of nitrogens with zero attached hydrogens (tertiary/aromatic N) is 1. The molecule has 2 rings (SSSR count). The third kappa shape index (κ3) is 4.59. The van der Waals surface area contributed by atoms with Crippen molar-refractivity contribution in [1.29, 1.82) is 0 Å². The molecule has 1 heterocycles. The van der Waals surface area contributed by atoms with Crippen molar-refractivity contribution in [2.45, 2.75) is 38.6 Å². The lowest BCUT2D eigenvalue weighted by Crippen LogP contribution is -2.35. The predicted molar refractivity (Wildman–Crippen MR) is 85.1 cm³/mol. The van der Waals surface area contributed by atoms with Crippen molar-refractivity contribution in [1.82, 2.24) is 4.90 Å². The highest BCUT2D eigenvalue weighted by Crippen LogP contribution is 2.22. The summed E-state index contributed by atoms with van der Waals surface area (Å²) in [7, 11) is 0. The number of hydrogen-bond donors (Lipinski definition) is 1. The summed E-state index contributed by atoms with van der Waals surface area (Å²) in [5, 5.41) is 0. The Labute approximate surface area is 125 Å². The van der Waals surface area contributed by atoms with Gasteiger partial charge in [0, 0.05) is 10.5 Å². The molecule has 0 radical (unpaired) electrons. The van der Waals surface area contributed by atoms with Crippen LogP contribution >= 0.6 is 15.9 Å². The normalized spacial score (nSPS) is 19.5. The Morgan fingerprint density at radius 3 is 2.47 bits per heavy atom. The summed E-state index contributed by atoms with van der Waals surface area (Å²) in [5.41, 5.74) is 7.52. The zero-order valence-corrected chi connectivity index (χ0v) is 13.4. The number of piperidine rings is 1. The van der Waals surface area contributed by atoms with Gasteiger partial charge in [-0.2, -0.15) is 0 Å². The van der Waals surface area contributed by atoms with Gasteiger partial charge in [-0.25, -0.2) is 0 Å². The zero-order valence-electron chi connectivity index (χ0n) is 11.8. The lowest BCUT2D eigenvalue weighted by atomic mass is 9.94. The number of hydrogen-bond acceptors (Lipinski definition) is 2. The molecule has 1 saturated heterocycles. The molecule has 0 aromatic heterocycles. The molecule has 3 heteroatoms. The van der Waals surface area contributed by atoms with Crippen LogP contribution in [0.3, 0.4) is 0 Å². The van der Waals surface area contributed by atoms with Crippen LogP contribution in [0.5, 0.6) is 0 Å². The molecule has 1 aliphatic heterocycles. The topological polar surface area (TPSA) is 29.3 Å². The summed E-state index contributed by atoms with van der Waals surface area (Å²) in [6, 6.07) is 8.55. The molecular formula is C16H25BrN2. The van der Waals surface area contributed by atoms with Gasteiger partial charge in [-0.3, -0.25) is 0 Å². The first-order chi connectivity index (χ1) is 9.19. The Kier molecular flexibility index (Phi) is 5.86. The highest BCUT2D eigenvalue weighted by molar-refractivity contribution is 9.10. The minimum Gasteiger partial charge on any atom is -0.324 e. The first kappa shape index (κ1) is 15.0. The van der Waals surface area contributed by atoms with Crippen LogP contribution in [0.4, 0.5) is 0 Å². The van der Waals surface area contributed by atoms with Crippen LogP contribution in [0.25, 0.3) is 0 Å². The van der Waals surface area contributed by atoms with E-state index in [0.717, 1.165) is 23.4 Å². The summed E-state index contributed by atoms with van der Waals surface area (Å²) in [4.78, 5) is 2.57. The van der Waals surface area contributed by atoms with Gasteiger partial charge in [0.2, 0.25) is 0 Å². The molecule has 0 amide bonds. The first-order valence-electron chi connectivity index (χ1n) is 7.42. The Morgan fingerprint density at radius 2 is 1.89 bits per heavy atom. The average molecular weight is 325 g/mol. The molecule has 0 saturated carbocycles. The van der Waals surface area contributed by atoms with E-state index in [2.05, 4.69) is 52.0 Å². The van der Waals surface area contributed by atoms with Crippen molar-refractivity contribution < 1.29 is 0 Å². The van der Waals surface area contributed by atoms with Gasteiger partial charge in [0.1, 0.15) is 0 Å². The first-order valence-corrected chi connectivity index (χ1v) is 8.21. The number of likely N-dealkylation sites (tertiary alicyclic amines) is 1. The van der Waals surface area contributed by atoms with E-state index in [1.165, 1.54) is 37.9 Å². The lowest BCUT2D eigenvalue weighted by molar-refractivity contribution is 0.177. The number of rotatable bonds is 5. The van der Waals surface area contributed by atoms with Crippen LogP contribution in [0, 0.1) is 5.92 Å². The molecule has 0 spiro atoms. The van der Waals surface area contributed by atoms with E-state index in [9.17, 15) is 0 Å². The highest BCUT2D eigenvalue weighted by atomic mass is 79.9. The summed E-state index contributed by atoms with van der Waals surface area (Å²) in [5.74, 6) is 0.955. The summed E-state index contributed by atoms with van der Waals surface area (Å²) >= 11 is 3.46. The quantitative estimate of drug-likeness (QED) is 0.888. The van der Waals surface area contributed by atoms with E-state index in [1.54, 1.807) is 0 Å². The van der Waals surface area contributed by atoms with E-state index >= 15 is 0 Å². The Morgan fingerprint density at radius 1 is 1.26 bits per heavy atom. The molecule has 1 aliphatic rings. The second kappa shape index (κ2) is 7.41. The monoisotopic (exact) mass is 324 g/mol. The third-order valence-electron chi connectivity index (χ3n) is 4.34.